The molecule has 0 saturated carbocycles. The molecule has 3 rings (SSSR count). The minimum Gasteiger partial charge on any atom is -0.398 e. The Morgan fingerprint density at radius 2 is 1.95 bits per heavy atom. The van der Waals surface area contributed by atoms with E-state index >= 15 is 0 Å². The molecule has 3 aromatic rings. The molecule has 0 amide bonds. The Bertz CT molecular complexity index is 774. The Hall–Kier alpha value is -1.81. The number of nitrogens with zero attached hydrogens (tertiary/aromatic N) is 1. The minimum atomic E-state index is 0.729. The van der Waals surface area contributed by atoms with Crippen molar-refractivity contribution >= 4 is 32.7 Å². The summed E-state index contributed by atoms with van der Waals surface area (Å²) in [6.45, 7) is 4.17. The van der Waals surface area contributed by atoms with Gasteiger partial charge in [0.05, 0.1) is 11.0 Å². The molecule has 0 unspecified atom stereocenters. The zero-order valence-electron chi connectivity index (χ0n) is 10.8. The number of rotatable bonds is 1. The monoisotopic (exact) mass is 315 g/mol. The molecule has 1 aromatic heterocycles. The van der Waals surface area contributed by atoms with Gasteiger partial charge in [-0.25, -0.2) is 4.98 Å². The molecule has 3 N–H and O–H groups in total. The molecule has 4 heteroatoms. The predicted molar refractivity (Wildman–Crippen MR) is 83.1 cm³/mol. The van der Waals surface area contributed by atoms with Crippen LogP contribution in [0.15, 0.2) is 34.8 Å². The van der Waals surface area contributed by atoms with Gasteiger partial charge in [0.25, 0.3) is 0 Å². The summed E-state index contributed by atoms with van der Waals surface area (Å²) in [5.74, 6) is 0.865. The van der Waals surface area contributed by atoms with Crippen molar-refractivity contribution in [2.45, 2.75) is 13.8 Å². The van der Waals surface area contributed by atoms with E-state index in [-0.39, 0.29) is 0 Å². The van der Waals surface area contributed by atoms with Gasteiger partial charge in [0, 0.05) is 15.7 Å². The highest BCUT2D eigenvalue weighted by atomic mass is 79.9. The Morgan fingerprint density at radius 3 is 2.68 bits per heavy atom. The number of halogens is 1. The maximum atomic E-state index is 5.81. The highest BCUT2D eigenvalue weighted by Crippen LogP contribution is 2.28. The Kier molecular flexibility index (Phi) is 2.82. The summed E-state index contributed by atoms with van der Waals surface area (Å²) in [7, 11) is 0. The molecule has 0 fully saturated rings. The van der Waals surface area contributed by atoms with Crippen molar-refractivity contribution in [1.29, 1.82) is 0 Å². The average molecular weight is 316 g/mol. The number of benzene rings is 2. The van der Waals surface area contributed by atoms with Gasteiger partial charge in [0.2, 0.25) is 0 Å². The molecular formula is C15H14BrN3. The summed E-state index contributed by atoms with van der Waals surface area (Å²) >= 11 is 3.45. The lowest BCUT2D eigenvalue weighted by Crippen LogP contribution is -1.87. The van der Waals surface area contributed by atoms with Crippen LogP contribution < -0.4 is 5.73 Å². The normalized spacial score (nSPS) is 11.1. The third kappa shape index (κ3) is 2.12. The van der Waals surface area contributed by atoms with Crippen molar-refractivity contribution in [3.8, 4) is 11.4 Å². The lowest BCUT2D eigenvalue weighted by molar-refractivity contribution is 1.33. The molecule has 0 radical (unpaired) electrons. The van der Waals surface area contributed by atoms with Crippen molar-refractivity contribution in [2.75, 3.05) is 5.73 Å². The van der Waals surface area contributed by atoms with Crippen LogP contribution in [0.1, 0.15) is 11.1 Å². The van der Waals surface area contributed by atoms with Crippen LogP contribution >= 0.6 is 15.9 Å². The van der Waals surface area contributed by atoms with Crippen molar-refractivity contribution in [3.05, 3.63) is 45.9 Å². The van der Waals surface area contributed by atoms with E-state index in [4.69, 9.17) is 5.73 Å². The zero-order valence-corrected chi connectivity index (χ0v) is 12.4. The van der Waals surface area contributed by atoms with Crippen molar-refractivity contribution in [3.63, 3.8) is 0 Å². The fourth-order valence-corrected chi connectivity index (χ4v) is 2.66. The second-order valence-electron chi connectivity index (χ2n) is 4.80. The summed E-state index contributed by atoms with van der Waals surface area (Å²) in [4.78, 5) is 8.04. The average Bonchev–Trinajstić information content (AvgIpc) is 2.76. The predicted octanol–water partition coefficient (Wildman–Crippen LogP) is 4.19. The van der Waals surface area contributed by atoms with E-state index in [9.17, 15) is 0 Å². The van der Waals surface area contributed by atoms with Crippen LogP contribution in [0, 0.1) is 13.8 Å². The number of aromatic nitrogens is 2. The first-order valence-corrected chi connectivity index (χ1v) is 6.86. The molecule has 2 aromatic carbocycles. The lowest BCUT2D eigenvalue weighted by Gasteiger charge is -2.00. The molecule has 0 saturated heterocycles. The first-order valence-electron chi connectivity index (χ1n) is 6.07. The lowest BCUT2D eigenvalue weighted by atomic mass is 10.1. The molecule has 0 spiro atoms. The smallest absolute Gasteiger partial charge is 0.138 e. The number of aromatic amines is 1. The number of hydrogen-bond acceptors (Lipinski definition) is 2. The van der Waals surface area contributed by atoms with Crippen LogP contribution in [0.4, 0.5) is 5.69 Å². The van der Waals surface area contributed by atoms with Crippen LogP contribution in [0.3, 0.4) is 0 Å². The summed E-state index contributed by atoms with van der Waals surface area (Å²) in [6, 6.07) is 10.1. The Morgan fingerprint density at radius 1 is 1.16 bits per heavy atom. The third-order valence-corrected chi connectivity index (χ3v) is 3.88. The quantitative estimate of drug-likeness (QED) is 0.661. The van der Waals surface area contributed by atoms with E-state index in [0.717, 1.165) is 32.6 Å². The molecule has 19 heavy (non-hydrogen) atoms. The van der Waals surface area contributed by atoms with Crippen LogP contribution in [0.2, 0.25) is 0 Å². The third-order valence-electron chi connectivity index (χ3n) is 3.20. The Balaban J connectivity index is 2.20. The molecule has 96 valence electrons. The molecule has 3 nitrogen and oxygen atoms in total. The SMILES string of the molecule is Cc1cc(C)c2nc(-c3ccc(N)c(Br)c3)[nH]c2c1. The number of nitrogens with one attached hydrogen (secondary N) is 1. The number of imidazole rings is 1. The van der Waals surface area contributed by atoms with Gasteiger partial charge in [-0.1, -0.05) is 6.07 Å². The molecule has 0 aliphatic carbocycles. The van der Waals surface area contributed by atoms with Gasteiger partial charge < -0.3 is 10.7 Å². The highest BCUT2D eigenvalue weighted by Gasteiger charge is 2.09. The molecule has 1 heterocycles. The second-order valence-corrected chi connectivity index (χ2v) is 5.65. The van der Waals surface area contributed by atoms with E-state index in [1.165, 1.54) is 11.1 Å². The molecule has 0 aliphatic heterocycles. The Labute approximate surface area is 120 Å². The number of hydrogen-bond donors (Lipinski definition) is 2. The first-order chi connectivity index (χ1) is 9.04. The highest BCUT2D eigenvalue weighted by molar-refractivity contribution is 9.10. The summed E-state index contributed by atoms with van der Waals surface area (Å²) in [5.41, 5.74) is 12.1. The van der Waals surface area contributed by atoms with Gasteiger partial charge in [-0.15, -0.1) is 0 Å². The summed E-state index contributed by atoms with van der Waals surface area (Å²) in [5, 5.41) is 0. The van der Waals surface area contributed by atoms with Crippen molar-refractivity contribution in [1.82, 2.24) is 9.97 Å². The maximum absolute atomic E-state index is 5.81. The number of fused-ring (bicyclic) bond motifs is 1. The largest absolute Gasteiger partial charge is 0.398 e. The number of nitrogen functional groups attached to an aromatic ring is 1. The number of aryl methyl sites for hydroxylation is 2. The zero-order chi connectivity index (χ0) is 13.6. The van der Waals surface area contributed by atoms with Crippen LogP contribution in [0.25, 0.3) is 22.4 Å². The van der Waals surface area contributed by atoms with Gasteiger partial charge in [-0.3, -0.25) is 0 Å². The van der Waals surface area contributed by atoms with Crippen LogP contribution in [0.5, 0.6) is 0 Å². The molecule has 0 bridgehead atoms. The van der Waals surface area contributed by atoms with E-state index < -0.39 is 0 Å². The maximum Gasteiger partial charge on any atom is 0.138 e. The number of H-pyrrole nitrogens is 1. The summed E-state index contributed by atoms with van der Waals surface area (Å²) < 4.78 is 0.887. The standard InChI is InChI=1S/C15H14BrN3/c1-8-5-9(2)14-13(6-8)18-15(19-14)10-3-4-12(17)11(16)7-10/h3-7H,17H2,1-2H3,(H,18,19). The molecule has 0 aliphatic rings. The topological polar surface area (TPSA) is 54.7 Å². The molecular weight excluding hydrogens is 302 g/mol. The first kappa shape index (κ1) is 12.2. The fourth-order valence-electron chi connectivity index (χ4n) is 2.28. The van der Waals surface area contributed by atoms with E-state index in [1.54, 1.807) is 0 Å². The van der Waals surface area contributed by atoms with Crippen LogP contribution in [-0.2, 0) is 0 Å². The molecule has 0 atom stereocenters. The van der Waals surface area contributed by atoms with E-state index in [2.05, 4.69) is 51.9 Å². The number of anilines is 1. The van der Waals surface area contributed by atoms with Crippen LogP contribution in [-0.4, -0.2) is 9.97 Å². The van der Waals surface area contributed by atoms with Gasteiger partial charge in [-0.2, -0.15) is 0 Å². The van der Waals surface area contributed by atoms with Gasteiger partial charge in [-0.05, 0) is 65.2 Å². The summed E-state index contributed by atoms with van der Waals surface area (Å²) in [6.07, 6.45) is 0. The van der Waals surface area contributed by atoms with E-state index in [0.29, 0.717) is 0 Å². The van der Waals surface area contributed by atoms with Crippen molar-refractivity contribution in [2.24, 2.45) is 0 Å². The number of nitrogens with two attached hydrogens (primary N) is 1. The second kappa shape index (κ2) is 4.38. The fraction of sp³-hybridized carbons (Fsp3) is 0.133. The van der Waals surface area contributed by atoms with Gasteiger partial charge >= 0.3 is 0 Å². The van der Waals surface area contributed by atoms with Gasteiger partial charge in [0.15, 0.2) is 0 Å². The minimum absolute atomic E-state index is 0.729. The van der Waals surface area contributed by atoms with Gasteiger partial charge in [0.1, 0.15) is 5.82 Å². The van der Waals surface area contributed by atoms with Crippen molar-refractivity contribution < 1.29 is 0 Å². The van der Waals surface area contributed by atoms with E-state index in [1.807, 2.05) is 18.2 Å².